The fourth-order valence-corrected chi connectivity index (χ4v) is 4.14. The second-order valence-corrected chi connectivity index (χ2v) is 8.09. The van der Waals surface area contributed by atoms with Crippen LogP contribution in [0.5, 0.6) is 0 Å². The molecule has 3 nitrogen and oxygen atoms in total. The Kier molecular flexibility index (Phi) is 5.59. The highest BCUT2D eigenvalue weighted by Gasteiger charge is 2.22. The van der Waals surface area contributed by atoms with Crippen LogP contribution in [0.2, 0.25) is 5.02 Å². The molecule has 1 saturated heterocycles. The molecular weight excluding hydrogens is 340 g/mol. The van der Waals surface area contributed by atoms with Crippen LogP contribution < -0.4 is 0 Å². The highest BCUT2D eigenvalue weighted by molar-refractivity contribution is 7.14. The first-order chi connectivity index (χ1) is 11.5. The van der Waals surface area contributed by atoms with Crippen LogP contribution in [0.3, 0.4) is 0 Å². The summed E-state index contributed by atoms with van der Waals surface area (Å²) in [4.78, 5) is 19.3. The zero-order valence-electron chi connectivity index (χ0n) is 14.2. The SMILES string of the molecule is Cc1cc(C(=O)N2CCCN(Cc3ccc(Cl)cc3)CC2)sc1C. The Hall–Kier alpha value is -1.36. The van der Waals surface area contributed by atoms with Crippen LogP contribution in [0.4, 0.5) is 0 Å². The van der Waals surface area contributed by atoms with Crippen LogP contribution >= 0.6 is 22.9 Å². The zero-order valence-corrected chi connectivity index (χ0v) is 15.8. The van der Waals surface area contributed by atoms with Crippen molar-refractivity contribution in [2.45, 2.75) is 26.8 Å². The van der Waals surface area contributed by atoms with Crippen LogP contribution in [0.1, 0.15) is 32.1 Å². The Morgan fingerprint density at radius 2 is 1.88 bits per heavy atom. The van der Waals surface area contributed by atoms with Gasteiger partial charge in [-0.1, -0.05) is 23.7 Å². The van der Waals surface area contributed by atoms with Crippen LogP contribution in [0, 0.1) is 13.8 Å². The second kappa shape index (κ2) is 7.68. The summed E-state index contributed by atoms with van der Waals surface area (Å²) in [6.07, 6.45) is 1.02. The van der Waals surface area contributed by atoms with E-state index < -0.39 is 0 Å². The number of hydrogen-bond acceptors (Lipinski definition) is 3. The molecule has 2 aromatic rings. The number of rotatable bonds is 3. The smallest absolute Gasteiger partial charge is 0.263 e. The standard InChI is InChI=1S/C19H23ClN2OS/c1-14-12-18(24-15(14)2)19(23)22-9-3-8-21(10-11-22)13-16-4-6-17(20)7-5-16/h4-7,12H,3,8-11,13H2,1-2H3. The largest absolute Gasteiger partial charge is 0.337 e. The fourth-order valence-electron chi connectivity index (χ4n) is 3.01. The predicted octanol–water partition coefficient (Wildman–Crippen LogP) is 4.37. The number of amides is 1. The molecule has 2 heterocycles. The normalized spacial score (nSPS) is 16.2. The van der Waals surface area contributed by atoms with E-state index >= 15 is 0 Å². The second-order valence-electron chi connectivity index (χ2n) is 6.40. The van der Waals surface area contributed by atoms with Gasteiger partial charge in [0.15, 0.2) is 0 Å². The molecule has 1 aromatic heterocycles. The van der Waals surface area contributed by atoms with E-state index in [9.17, 15) is 4.79 Å². The minimum atomic E-state index is 0.185. The van der Waals surface area contributed by atoms with Crippen molar-refractivity contribution in [2.24, 2.45) is 0 Å². The minimum absolute atomic E-state index is 0.185. The van der Waals surface area contributed by atoms with Crippen molar-refractivity contribution in [3.05, 3.63) is 56.2 Å². The number of carbonyl (C=O) groups is 1. The Morgan fingerprint density at radius 3 is 2.54 bits per heavy atom. The molecule has 3 rings (SSSR count). The van der Waals surface area contributed by atoms with E-state index in [1.807, 2.05) is 23.1 Å². The van der Waals surface area contributed by atoms with Gasteiger partial charge < -0.3 is 4.90 Å². The van der Waals surface area contributed by atoms with Crippen LogP contribution in [-0.4, -0.2) is 41.9 Å². The fraction of sp³-hybridized carbons (Fsp3) is 0.421. The van der Waals surface area contributed by atoms with Gasteiger partial charge in [0.1, 0.15) is 0 Å². The summed E-state index contributed by atoms with van der Waals surface area (Å²) in [7, 11) is 0. The zero-order chi connectivity index (χ0) is 17.1. The van der Waals surface area contributed by atoms with Gasteiger partial charge in [-0.3, -0.25) is 9.69 Å². The van der Waals surface area contributed by atoms with Crippen molar-refractivity contribution in [3.8, 4) is 0 Å². The maximum absolute atomic E-state index is 12.7. The average Bonchev–Trinajstić information content (AvgIpc) is 2.77. The van der Waals surface area contributed by atoms with E-state index in [0.29, 0.717) is 0 Å². The Labute approximate surface area is 152 Å². The van der Waals surface area contributed by atoms with E-state index in [-0.39, 0.29) is 5.91 Å². The summed E-state index contributed by atoms with van der Waals surface area (Å²) in [6.45, 7) is 8.63. The number of benzene rings is 1. The summed E-state index contributed by atoms with van der Waals surface area (Å²) in [5.41, 5.74) is 2.48. The molecule has 0 N–H and O–H groups in total. The Balaban J connectivity index is 1.60. The number of hydrogen-bond donors (Lipinski definition) is 0. The molecular formula is C19H23ClN2OS. The molecule has 5 heteroatoms. The van der Waals surface area contributed by atoms with Gasteiger partial charge in [-0.25, -0.2) is 0 Å². The molecule has 0 aliphatic carbocycles. The lowest BCUT2D eigenvalue weighted by atomic mass is 10.2. The number of carbonyl (C=O) groups excluding carboxylic acids is 1. The third-order valence-corrected chi connectivity index (χ3v) is 5.96. The van der Waals surface area contributed by atoms with Crippen LogP contribution in [-0.2, 0) is 6.54 Å². The predicted molar refractivity (Wildman–Crippen MR) is 101 cm³/mol. The topological polar surface area (TPSA) is 23.6 Å². The van der Waals surface area contributed by atoms with Gasteiger partial charge in [0.05, 0.1) is 4.88 Å². The van der Waals surface area contributed by atoms with Crippen molar-refractivity contribution >= 4 is 28.8 Å². The van der Waals surface area contributed by atoms with E-state index in [1.54, 1.807) is 11.3 Å². The first-order valence-electron chi connectivity index (χ1n) is 8.36. The lowest BCUT2D eigenvalue weighted by Gasteiger charge is -2.21. The van der Waals surface area contributed by atoms with E-state index in [0.717, 1.165) is 49.0 Å². The highest BCUT2D eigenvalue weighted by Crippen LogP contribution is 2.23. The molecule has 1 aliphatic rings. The summed E-state index contributed by atoms with van der Waals surface area (Å²) >= 11 is 7.56. The quantitative estimate of drug-likeness (QED) is 0.809. The van der Waals surface area contributed by atoms with Gasteiger partial charge in [-0.2, -0.15) is 0 Å². The Bertz CT molecular complexity index is 691. The van der Waals surface area contributed by atoms with Gasteiger partial charge in [-0.05, 0) is 49.6 Å². The van der Waals surface area contributed by atoms with E-state index in [4.69, 9.17) is 11.6 Å². The van der Waals surface area contributed by atoms with E-state index in [2.05, 4.69) is 30.9 Å². The molecule has 1 amide bonds. The maximum atomic E-state index is 12.7. The molecule has 0 spiro atoms. The summed E-state index contributed by atoms with van der Waals surface area (Å²) in [5.74, 6) is 0.185. The summed E-state index contributed by atoms with van der Waals surface area (Å²) in [6, 6.07) is 10.1. The molecule has 1 aliphatic heterocycles. The monoisotopic (exact) mass is 362 g/mol. The molecule has 128 valence electrons. The maximum Gasteiger partial charge on any atom is 0.263 e. The average molecular weight is 363 g/mol. The van der Waals surface area contributed by atoms with Crippen molar-refractivity contribution in [2.75, 3.05) is 26.2 Å². The van der Waals surface area contributed by atoms with Gasteiger partial charge in [-0.15, -0.1) is 11.3 Å². The molecule has 0 saturated carbocycles. The van der Waals surface area contributed by atoms with Gasteiger partial charge >= 0.3 is 0 Å². The lowest BCUT2D eigenvalue weighted by Crippen LogP contribution is -2.34. The third-order valence-electron chi connectivity index (χ3n) is 4.57. The summed E-state index contributed by atoms with van der Waals surface area (Å²) < 4.78 is 0. The van der Waals surface area contributed by atoms with Gasteiger partial charge in [0.25, 0.3) is 5.91 Å². The first kappa shape index (κ1) is 17.5. The lowest BCUT2D eigenvalue weighted by molar-refractivity contribution is 0.0766. The molecule has 1 fully saturated rings. The number of thiophene rings is 1. The van der Waals surface area contributed by atoms with Crippen molar-refractivity contribution in [1.82, 2.24) is 9.80 Å². The van der Waals surface area contributed by atoms with Crippen molar-refractivity contribution in [1.29, 1.82) is 0 Å². The summed E-state index contributed by atoms with van der Waals surface area (Å²) in [5, 5.41) is 0.771. The number of aryl methyl sites for hydroxylation is 2. The van der Waals surface area contributed by atoms with Crippen LogP contribution in [0.15, 0.2) is 30.3 Å². The third kappa shape index (κ3) is 4.18. The molecule has 24 heavy (non-hydrogen) atoms. The molecule has 0 unspecified atom stereocenters. The van der Waals surface area contributed by atoms with E-state index in [1.165, 1.54) is 16.0 Å². The Morgan fingerprint density at radius 1 is 1.12 bits per heavy atom. The van der Waals surface area contributed by atoms with Gasteiger partial charge in [0, 0.05) is 42.6 Å². The minimum Gasteiger partial charge on any atom is -0.337 e. The molecule has 1 aromatic carbocycles. The molecule has 0 bridgehead atoms. The first-order valence-corrected chi connectivity index (χ1v) is 9.55. The van der Waals surface area contributed by atoms with Crippen LogP contribution in [0.25, 0.3) is 0 Å². The van der Waals surface area contributed by atoms with Gasteiger partial charge in [0.2, 0.25) is 0 Å². The highest BCUT2D eigenvalue weighted by atomic mass is 35.5. The van der Waals surface area contributed by atoms with Crippen molar-refractivity contribution in [3.63, 3.8) is 0 Å². The number of halogens is 1. The van der Waals surface area contributed by atoms with Crippen molar-refractivity contribution < 1.29 is 4.79 Å². The molecule has 0 atom stereocenters. The number of nitrogens with zero attached hydrogens (tertiary/aromatic N) is 2. The molecule has 0 radical (unpaired) electrons.